The average molecular weight is 375 g/mol. The Bertz CT molecular complexity index is 560. The van der Waals surface area contributed by atoms with Gasteiger partial charge >= 0.3 is 0 Å². The Morgan fingerprint density at radius 1 is 1.38 bits per heavy atom. The van der Waals surface area contributed by atoms with Crippen molar-refractivity contribution in [3.63, 3.8) is 0 Å². The molecule has 0 amide bonds. The molecule has 0 saturated carbocycles. The zero-order valence-corrected chi connectivity index (χ0v) is 14.7. The van der Waals surface area contributed by atoms with E-state index in [2.05, 4.69) is 28.1 Å². The molecule has 0 bridgehead atoms. The Balaban J connectivity index is 2.03. The number of piperidine rings is 1. The molecule has 2 atom stereocenters. The van der Waals surface area contributed by atoms with E-state index in [1.54, 1.807) is 4.31 Å². The first kappa shape index (κ1) is 16.9. The maximum atomic E-state index is 11.7. The van der Waals surface area contributed by atoms with E-state index in [0.29, 0.717) is 31.5 Å². The van der Waals surface area contributed by atoms with Crippen LogP contribution in [0.4, 0.5) is 0 Å². The van der Waals surface area contributed by atoms with Gasteiger partial charge < -0.3 is 5.73 Å². The highest BCUT2D eigenvalue weighted by Crippen LogP contribution is 2.30. The zero-order valence-electron chi connectivity index (χ0n) is 12.3. The van der Waals surface area contributed by atoms with Crippen LogP contribution in [0.2, 0.25) is 0 Å². The lowest BCUT2D eigenvalue weighted by atomic mass is 9.85. The number of nitrogens with two attached hydrogens (primary N) is 1. The van der Waals surface area contributed by atoms with E-state index in [4.69, 9.17) is 5.73 Å². The molecule has 2 N–H and O–H groups in total. The molecule has 2 rings (SSSR count). The van der Waals surface area contributed by atoms with Crippen molar-refractivity contribution in [1.82, 2.24) is 4.31 Å². The van der Waals surface area contributed by atoms with E-state index < -0.39 is 10.0 Å². The van der Waals surface area contributed by atoms with E-state index in [1.807, 2.05) is 12.1 Å². The molecule has 0 aromatic heterocycles. The van der Waals surface area contributed by atoms with Crippen molar-refractivity contribution in [2.24, 2.45) is 11.7 Å². The molecule has 1 aromatic rings. The maximum Gasteiger partial charge on any atom is 0.211 e. The smallest absolute Gasteiger partial charge is 0.211 e. The molecule has 1 heterocycles. The van der Waals surface area contributed by atoms with E-state index in [1.165, 1.54) is 11.8 Å². The maximum absolute atomic E-state index is 11.7. The third kappa shape index (κ3) is 4.77. The number of halogens is 1. The van der Waals surface area contributed by atoms with Gasteiger partial charge in [0.1, 0.15) is 0 Å². The first-order valence-corrected chi connectivity index (χ1v) is 9.95. The second kappa shape index (κ2) is 7.22. The van der Waals surface area contributed by atoms with Gasteiger partial charge in [0.05, 0.1) is 6.26 Å². The predicted octanol–water partition coefficient (Wildman–Crippen LogP) is 2.55. The standard InChI is InChI=1S/C15H23BrN2O2S/c1-21(19,20)18-8-2-3-12(11-18)9-14(10-17)13-4-6-15(16)7-5-13/h4-7,12,14H,2-3,8-11,17H2,1H3. The molecule has 0 aliphatic carbocycles. The van der Waals surface area contributed by atoms with Crippen LogP contribution in [0.25, 0.3) is 0 Å². The molecule has 21 heavy (non-hydrogen) atoms. The number of nitrogens with zero attached hydrogens (tertiary/aromatic N) is 1. The Kier molecular flexibility index (Phi) is 5.82. The lowest BCUT2D eigenvalue weighted by Crippen LogP contribution is -2.39. The van der Waals surface area contributed by atoms with Crippen LogP contribution in [0.5, 0.6) is 0 Å². The summed E-state index contributed by atoms with van der Waals surface area (Å²) in [4.78, 5) is 0. The third-order valence-corrected chi connectivity index (χ3v) is 5.99. The van der Waals surface area contributed by atoms with Gasteiger partial charge in [-0.05, 0) is 55.3 Å². The largest absolute Gasteiger partial charge is 0.330 e. The lowest BCUT2D eigenvalue weighted by molar-refractivity contribution is 0.247. The van der Waals surface area contributed by atoms with E-state index in [0.717, 1.165) is 23.7 Å². The van der Waals surface area contributed by atoms with Crippen molar-refractivity contribution < 1.29 is 8.42 Å². The average Bonchev–Trinajstić information content (AvgIpc) is 2.45. The minimum absolute atomic E-state index is 0.294. The van der Waals surface area contributed by atoms with Crippen molar-refractivity contribution >= 4 is 26.0 Å². The van der Waals surface area contributed by atoms with Gasteiger partial charge in [-0.3, -0.25) is 0 Å². The number of hydrogen-bond acceptors (Lipinski definition) is 3. The van der Waals surface area contributed by atoms with Crippen LogP contribution in [-0.2, 0) is 10.0 Å². The Hall–Kier alpha value is -0.430. The molecular weight excluding hydrogens is 352 g/mol. The van der Waals surface area contributed by atoms with Crippen molar-refractivity contribution in [2.75, 3.05) is 25.9 Å². The van der Waals surface area contributed by atoms with Crippen molar-refractivity contribution in [1.29, 1.82) is 0 Å². The SMILES string of the molecule is CS(=O)(=O)N1CCCC(CC(CN)c2ccc(Br)cc2)C1. The van der Waals surface area contributed by atoms with Gasteiger partial charge in [0.25, 0.3) is 0 Å². The number of sulfonamides is 1. The fourth-order valence-corrected chi connectivity index (χ4v) is 4.23. The topological polar surface area (TPSA) is 63.4 Å². The number of benzene rings is 1. The van der Waals surface area contributed by atoms with Crippen LogP contribution in [0, 0.1) is 5.92 Å². The van der Waals surface area contributed by atoms with Gasteiger partial charge in [0, 0.05) is 17.6 Å². The third-order valence-electron chi connectivity index (χ3n) is 4.19. The summed E-state index contributed by atoms with van der Waals surface area (Å²) in [6.07, 6.45) is 4.27. The van der Waals surface area contributed by atoms with Gasteiger partial charge in [-0.25, -0.2) is 12.7 Å². The molecule has 0 spiro atoms. The summed E-state index contributed by atoms with van der Waals surface area (Å²) in [6, 6.07) is 8.25. The van der Waals surface area contributed by atoms with Crippen LogP contribution < -0.4 is 5.73 Å². The van der Waals surface area contributed by atoms with Gasteiger partial charge in [-0.15, -0.1) is 0 Å². The molecule has 1 fully saturated rings. The molecule has 1 aliphatic rings. The summed E-state index contributed by atoms with van der Waals surface area (Å²) in [7, 11) is -3.08. The van der Waals surface area contributed by atoms with Crippen molar-refractivity contribution in [3.05, 3.63) is 34.3 Å². The normalized spacial score (nSPS) is 22.1. The van der Waals surface area contributed by atoms with Gasteiger partial charge in [-0.1, -0.05) is 28.1 Å². The summed E-state index contributed by atoms with van der Waals surface area (Å²) in [5.74, 6) is 0.688. The van der Waals surface area contributed by atoms with Crippen LogP contribution in [0.3, 0.4) is 0 Å². The molecule has 1 saturated heterocycles. The van der Waals surface area contributed by atoms with E-state index in [9.17, 15) is 8.42 Å². The lowest BCUT2D eigenvalue weighted by Gasteiger charge is -2.33. The quantitative estimate of drug-likeness (QED) is 0.860. The molecular formula is C15H23BrN2O2S. The van der Waals surface area contributed by atoms with Gasteiger partial charge in [0.15, 0.2) is 0 Å². The Morgan fingerprint density at radius 2 is 2.05 bits per heavy atom. The highest BCUT2D eigenvalue weighted by molar-refractivity contribution is 9.10. The minimum atomic E-state index is -3.08. The minimum Gasteiger partial charge on any atom is -0.330 e. The fourth-order valence-electron chi connectivity index (χ4n) is 3.03. The van der Waals surface area contributed by atoms with E-state index >= 15 is 0 Å². The predicted molar refractivity (Wildman–Crippen MR) is 89.7 cm³/mol. The number of hydrogen-bond donors (Lipinski definition) is 1. The first-order chi connectivity index (χ1) is 9.90. The molecule has 1 aliphatic heterocycles. The molecule has 118 valence electrons. The molecule has 1 aromatic carbocycles. The fraction of sp³-hybridized carbons (Fsp3) is 0.600. The zero-order chi connectivity index (χ0) is 15.5. The summed E-state index contributed by atoms with van der Waals surface area (Å²) >= 11 is 3.44. The van der Waals surface area contributed by atoms with Crippen molar-refractivity contribution in [3.8, 4) is 0 Å². The summed E-state index contributed by atoms with van der Waals surface area (Å²) in [5, 5.41) is 0. The Morgan fingerprint density at radius 3 is 2.62 bits per heavy atom. The van der Waals surface area contributed by atoms with Crippen LogP contribution in [0.15, 0.2) is 28.7 Å². The highest BCUT2D eigenvalue weighted by atomic mass is 79.9. The van der Waals surface area contributed by atoms with Crippen LogP contribution in [-0.4, -0.2) is 38.6 Å². The summed E-state index contributed by atoms with van der Waals surface area (Å²) in [6.45, 7) is 1.88. The van der Waals surface area contributed by atoms with Crippen molar-refractivity contribution in [2.45, 2.75) is 25.2 Å². The van der Waals surface area contributed by atoms with Crippen LogP contribution in [0.1, 0.15) is 30.7 Å². The van der Waals surface area contributed by atoms with Crippen LogP contribution >= 0.6 is 15.9 Å². The second-order valence-corrected chi connectivity index (χ2v) is 8.75. The Labute approximate surface area is 135 Å². The molecule has 4 nitrogen and oxygen atoms in total. The second-order valence-electron chi connectivity index (χ2n) is 5.85. The molecule has 6 heteroatoms. The first-order valence-electron chi connectivity index (χ1n) is 7.31. The summed E-state index contributed by atoms with van der Waals surface area (Å²) in [5.41, 5.74) is 7.17. The number of rotatable bonds is 5. The molecule has 2 unspecified atom stereocenters. The highest BCUT2D eigenvalue weighted by Gasteiger charge is 2.27. The monoisotopic (exact) mass is 374 g/mol. The van der Waals surface area contributed by atoms with E-state index in [-0.39, 0.29) is 0 Å². The van der Waals surface area contributed by atoms with Gasteiger partial charge in [-0.2, -0.15) is 0 Å². The van der Waals surface area contributed by atoms with Gasteiger partial charge in [0.2, 0.25) is 10.0 Å². The molecule has 0 radical (unpaired) electrons. The summed E-state index contributed by atoms with van der Waals surface area (Å²) < 4.78 is 26.0.